The van der Waals surface area contributed by atoms with Crippen LogP contribution >= 0.6 is 0 Å². The van der Waals surface area contributed by atoms with Gasteiger partial charge in [0, 0.05) is 5.92 Å². The van der Waals surface area contributed by atoms with Crippen LogP contribution in [0.15, 0.2) is 42.5 Å². The summed E-state index contributed by atoms with van der Waals surface area (Å²) in [5, 5.41) is 10.9. The van der Waals surface area contributed by atoms with Crippen LogP contribution in [-0.2, 0) is 24.4 Å². The molecule has 2 aromatic rings. The minimum absolute atomic E-state index is 0.218. The van der Waals surface area contributed by atoms with Gasteiger partial charge >= 0.3 is 0 Å². The summed E-state index contributed by atoms with van der Waals surface area (Å²) in [5.41, 5.74) is 6.25. The topological polar surface area (TPSA) is 29.5 Å². The normalized spacial score (nSPS) is 21.7. The maximum Gasteiger partial charge on any atom is 0.0858 e. The molecule has 2 aliphatic rings. The number of fused-ring (bicyclic) bond motifs is 2. The van der Waals surface area contributed by atoms with Gasteiger partial charge in [0.1, 0.15) is 0 Å². The Morgan fingerprint density at radius 3 is 2.81 bits per heavy atom. The first kappa shape index (κ1) is 13.1. The van der Waals surface area contributed by atoms with Crippen LogP contribution in [-0.4, -0.2) is 5.11 Å². The Bertz CT molecular complexity index is 662. The largest absolute Gasteiger partial charge is 0.388 e. The first-order valence-corrected chi connectivity index (χ1v) is 7.78. The van der Waals surface area contributed by atoms with Gasteiger partial charge in [-0.2, -0.15) is 0 Å². The Hall–Kier alpha value is -1.64. The van der Waals surface area contributed by atoms with E-state index in [0.717, 1.165) is 24.8 Å². The molecule has 2 unspecified atom stereocenters. The van der Waals surface area contributed by atoms with E-state index >= 15 is 0 Å². The number of rotatable bonds is 2. The summed E-state index contributed by atoms with van der Waals surface area (Å²) >= 11 is 0. The van der Waals surface area contributed by atoms with Gasteiger partial charge in [0.05, 0.1) is 19.3 Å². The first-order chi connectivity index (χ1) is 10.3. The number of aryl methyl sites for hydroxylation is 1. The molecule has 2 heteroatoms. The van der Waals surface area contributed by atoms with Crippen LogP contribution in [0.3, 0.4) is 0 Å². The minimum Gasteiger partial charge on any atom is -0.388 e. The number of hydrogen-bond acceptors (Lipinski definition) is 2. The van der Waals surface area contributed by atoms with E-state index in [-0.39, 0.29) is 5.92 Å². The van der Waals surface area contributed by atoms with Crippen LogP contribution in [0.2, 0.25) is 0 Å². The highest BCUT2D eigenvalue weighted by molar-refractivity contribution is 5.38. The monoisotopic (exact) mass is 280 g/mol. The molecule has 2 atom stereocenters. The average Bonchev–Trinajstić information content (AvgIpc) is 3.01. The van der Waals surface area contributed by atoms with Crippen molar-refractivity contribution >= 4 is 0 Å². The molecule has 1 N–H and O–H groups in total. The van der Waals surface area contributed by atoms with Gasteiger partial charge in [-0.25, -0.2) is 0 Å². The van der Waals surface area contributed by atoms with Gasteiger partial charge in [0.15, 0.2) is 0 Å². The molecular weight excluding hydrogens is 260 g/mol. The van der Waals surface area contributed by atoms with E-state index < -0.39 is 6.10 Å². The number of hydrogen-bond donors (Lipinski definition) is 1. The quantitative estimate of drug-likeness (QED) is 0.905. The number of aliphatic hydroxyl groups excluding tert-OH is 1. The van der Waals surface area contributed by atoms with Crippen LogP contribution < -0.4 is 0 Å². The lowest BCUT2D eigenvalue weighted by Crippen LogP contribution is -2.17. The van der Waals surface area contributed by atoms with Crippen LogP contribution in [0.5, 0.6) is 0 Å². The lowest BCUT2D eigenvalue weighted by Gasteiger charge is -2.30. The first-order valence-electron chi connectivity index (χ1n) is 7.78. The van der Waals surface area contributed by atoms with Gasteiger partial charge in [-0.3, -0.25) is 0 Å². The summed E-state index contributed by atoms with van der Waals surface area (Å²) in [6.45, 7) is 1.38. The summed E-state index contributed by atoms with van der Waals surface area (Å²) in [6, 6.07) is 14.9. The average molecular weight is 280 g/mol. The maximum absolute atomic E-state index is 10.9. The minimum atomic E-state index is -0.419. The summed E-state index contributed by atoms with van der Waals surface area (Å²) in [6.07, 6.45) is 2.94. The van der Waals surface area contributed by atoms with Crippen molar-refractivity contribution in [2.45, 2.75) is 44.5 Å². The van der Waals surface area contributed by atoms with Crippen LogP contribution in [0.1, 0.15) is 52.7 Å². The molecule has 1 aliphatic carbocycles. The Balaban J connectivity index is 1.68. The molecule has 2 aromatic carbocycles. The van der Waals surface area contributed by atoms with Crippen molar-refractivity contribution in [2.75, 3.05) is 0 Å². The van der Waals surface area contributed by atoms with Crippen LogP contribution in [0.25, 0.3) is 0 Å². The predicted molar refractivity (Wildman–Crippen MR) is 82.0 cm³/mol. The molecule has 108 valence electrons. The van der Waals surface area contributed by atoms with E-state index in [1.165, 1.54) is 22.3 Å². The lowest BCUT2D eigenvalue weighted by atomic mass is 9.78. The fourth-order valence-electron chi connectivity index (χ4n) is 3.73. The molecular formula is C19H20O2. The molecule has 2 nitrogen and oxygen atoms in total. The van der Waals surface area contributed by atoms with Gasteiger partial charge in [-0.15, -0.1) is 0 Å². The second-order valence-electron chi connectivity index (χ2n) is 6.16. The second kappa shape index (κ2) is 5.28. The Kier molecular flexibility index (Phi) is 3.28. The fraction of sp³-hybridized carbons (Fsp3) is 0.368. The van der Waals surface area contributed by atoms with Gasteiger partial charge in [0.2, 0.25) is 0 Å². The van der Waals surface area contributed by atoms with E-state index in [0.29, 0.717) is 13.2 Å². The molecule has 0 aromatic heterocycles. The summed E-state index contributed by atoms with van der Waals surface area (Å²) < 4.78 is 5.47. The third-order valence-electron chi connectivity index (χ3n) is 4.88. The molecule has 0 saturated carbocycles. The molecule has 0 radical (unpaired) electrons. The zero-order valence-corrected chi connectivity index (χ0v) is 12.1. The van der Waals surface area contributed by atoms with Crippen molar-refractivity contribution in [1.82, 2.24) is 0 Å². The zero-order chi connectivity index (χ0) is 14.2. The van der Waals surface area contributed by atoms with E-state index in [1.54, 1.807) is 0 Å². The van der Waals surface area contributed by atoms with Crippen molar-refractivity contribution in [1.29, 1.82) is 0 Å². The molecule has 1 heterocycles. The number of benzene rings is 2. The van der Waals surface area contributed by atoms with E-state index in [2.05, 4.69) is 42.5 Å². The summed E-state index contributed by atoms with van der Waals surface area (Å²) in [4.78, 5) is 0. The second-order valence-corrected chi connectivity index (χ2v) is 6.16. The van der Waals surface area contributed by atoms with Crippen molar-refractivity contribution in [3.05, 3.63) is 70.3 Å². The highest BCUT2D eigenvalue weighted by atomic mass is 16.5. The maximum atomic E-state index is 10.9. The van der Waals surface area contributed by atoms with Gasteiger partial charge in [-0.1, -0.05) is 42.5 Å². The van der Waals surface area contributed by atoms with Crippen molar-refractivity contribution in [3.8, 4) is 0 Å². The summed E-state index contributed by atoms with van der Waals surface area (Å²) in [5.74, 6) is 0.218. The Morgan fingerprint density at radius 1 is 1.00 bits per heavy atom. The van der Waals surface area contributed by atoms with Crippen molar-refractivity contribution in [3.63, 3.8) is 0 Å². The molecule has 0 spiro atoms. The molecule has 1 aliphatic heterocycles. The smallest absolute Gasteiger partial charge is 0.0858 e. The Morgan fingerprint density at radius 2 is 1.86 bits per heavy atom. The highest BCUT2D eigenvalue weighted by Gasteiger charge is 2.28. The standard InChI is InChI=1S/C19H20O2/c20-19(14-8-9-15-11-21-12-16(15)10-14)18-7-3-5-13-4-1-2-6-17(13)18/h1-2,4,6,8-10,18-20H,3,5,7,11-12H2. The predicted octanol–water partition coefficient (Wildman–Crippen LogP) is 3.87. The third kappa shape index (κ3) is 2.29. The number of ether oxygens (including phenoxy) is 1. The molecule has 21 heavy (non-hydrogen) atoms. The number of aliphatic hydroxyl groups is 1. The van der Waals surface area contributed by atoms with Crippen LogP contribution in [0, 0.1) is 0 Å². The lowest BCUT2D eigenvalue weighted by molar-refractivity contribution is 0.132. The van der Waals surface area contributed by atoms with Gasteiger partial charge in [-0.05, 0) is 47.1 Å². The highest BCUT2D eigenvalue weighted by Crippen LogP contribution is 2.40. The molecule has 0 fully saturated rings. The molecule has 0 saturated heterocycles. The van der Waals surface area contributed by atoms with Crippen LogP contribution in [0.4, 0.5) is 0 Å². The summed E-state index contributed by atoms with van der Waals surface area (Å²) in [7, 11) is 0. The van der Waals surface area contributed by atoms with E-state index in [9.17, 15) is 5.11 Å². The SMILES string of the molecule is OC(c1ccc2c(c1)COC2)C1CCCc2ccccc21. The van der Waals surface area contributed by atoms with Crippen molar-refractivity contribution in [2.24, 2.45) is 0 Å². The molecule has 0 amide bonds. The Labute approximate surface area is 125 Å². The molecule has 4 rings (SSSR count). The third-order valence-corrected chi connectivity index (χ3v) is 4.88. The van der Waals surface area contributed by atoms with Gasteiger partial charge in [0.25, 0.3) is 0 Å². The van der Waals surface area contributed by atoms with E-state index in [4.69, 9.17) is 4.74 Å². The zero-order valence-electron chi connectivity index (χ0n) is 12.1. The van der Waals surface area contributed by atoms with E-state index in [1.807, 2.05) is 0 Å². The fourth-order valence-corrected chi connectivity index (χ4v) is 3.73. The van der Waals surface area contributed by atoms with Crippen molar-refractivity contribution < 1.29 is 9.84 Å². The van der Waals surface area contributed by atoms with Gasteiger partial charge < -0.3 is 9.84 Å². The molecule has 0 bridgehead atoms.